The van der Waals surface area contributed by atoms with Crippen molar-refractivity contribution in [3.8, 4) is 0 Å². The first-order valence-electron chi connectivity index (χ1n) is 6.35. The third-order valence-corrected chi connectivity index (χ3v) is 3.94. The zero-order chi connectivity index (χ0) is 12.3. The Morgan fingerprint density at radius 3 is 2.88 bits per heavy atom. The largest absolute Gasteiger partial charge is 0.393 e. The van der Waals surface area contributed by atoms with Crippen LogP contribution in [0, 0.1) is 5.92 Å². The van der Waals surface area contributed by atoms with Crippen LogP contribution in [-0.4, -0.2) is 41.6 Å². The number of ether oxygens (including phenoxy) is 1. The van der Waals surface area contributed by atoms with Crippen molar-refractivity contribution in [1.29, 1.82) is 0 Å². The predicted molar refractivity (Wildman–Crippen MR) is 69.7 cm³/mol. The molecule has 2 aliphatic rings. The second kappa shape index (κ2) is 5.78. The average molecular weight is 256 g/mol. The first kappa shape index (κ1) is 12.8. The Morgan fingerprint density at radius 1 is 1.41 bits per heavy atom. The van der Waals surface area contributed by atoms with Gasteiger partial charge in [0.2, 0.25) is 5.91 Å². The van der Waals surface area contributed by atoms with Crippen LogP contribution in [0.3, 0.4) is 0 Å². The maximum Gasteiger partial charge on any atom is 0.225 e. The molecule has 2 unspecified atom stereocenters. The number of likely N-dealkylation sites (tertiary alicyclic amines) is 1. The van der Waals surface area contributed by atoms with Crippen molar-refractivity contribution in [1.82, 2.24) is 4.90 Å². The van der Waals surface area contributed by atoms with E-state index in [1.807, 2.05) is 4.90 Å². The van der Waals surface area contributed by atoms with Crippen LogP contribution < -0.4 is 5.73 Å². The highest BCUT2D eigenvalue weighted by atomic mass is 32.1. The van der Waals surface area contributed by atoms with Crippen molar-refractivity contribution in [2.75, 3.05) is 19.7 Å². The molecule has 0 aromatic heterocycles. The quantitative estimate of drug-likeness (QED) is 0.768. The van der Waals surface area contributed by atoms with Gasteiger partial charge in [0.05, 0.1) is 17.5 Å². The molecule has 2 N–H and O–H groups in total. The van der Waals surface area contributed by atoms with Gasteiger partial charge >= 0.3 is 0 Å². The number of thiocarbonyl (C=S) groups is 1. The summed E-state index contributed by atoms with van der Waals surface area (Å²) in [6.07, 6.45) is 4.75. The van der Waals surface area contributed by atoms with E-state index in [-0.39, 0.29) is 17.9 Å². The molecule has 0 aliphatic carbocycles. The molecule has 0 spiro atoms. The van der Waals surface area contributed by atoms with Crippen LogP contribution in [0.4, 0.5) is 0 Å². The molecule has 4 nitrogen and oxygen atoms in total. The van der Waals surface area contributed by atoms with Gasteiger partial charge in [-0.05, 0) is 25.7 Å². The van der Waals surface area contributed by atoms with Gasteiger partial charge in [-0.1, -0.05) is 12.2 Å². The molecule has 0 aromatic rings. The van der Waals surface area contributed by atoms with Crippen LogP contribution in [0.5, 0.6) is 0 Å². The monoisotopic (exact) mass is 256 g/mol. The van der Waals surface area contributed by atoms with Gasteiger partial charge in [0.25, 0.3) is 0 Å². The Morgan fingerprint density at radius 2 is 2.24 bits per heavy atom. The molecule has 5 heteroatoms. The molecule has 2 fully saturated rings. The summed E-state index contributed by atoms with van der Waals surface area (Å²) in [5.41, 5.74) is 5.66. The van der Waals surface area contributed by atoms with Gasteiger partial charge in [-0.25, -0.2) is 0 Å². The molecule has 17 heavy (non-hydrogen) atoms. The van der Waals surface area contributed by atoms with Crippen molar-refractivity contribution in [3.05, 3.63) is 0 Å². The van der Waals surface area contributed by atoms with Crippen LogP contribution in [0.2, 0.25) is 0 Å². The van der Waals surface area contributed by atoms with E-state index in [4.69, 9.17) is 22.7 Å². The van der Waals surface area contributed by atoms with E-state index in [2.05, 4.69) is 0 Å². The molecular formula is C12H20N2O2S. The summed E-state index contributed by atoms with van der Waals surface area (Å²) in [5, 5.41) is 0. The van der Waals surface area contributed by atoms with E-state index >= 15 is 0 Å². The number of amides is 1. The van der Waals surface area contributed by atoms with Crippen LogP contribution in [0.15, 0.2) is 0 Å². The Bertz CT molecular complexity index is 303. The lowest BCUT2D eigenvalue weighted by atomic mass is 9.97. The summed E-state index contributed by atoms with van der Waals surface area (Å²) < 4.78 is 5.49. The van der Waals surface area contributed by atoms with E-state index in [1.54, 1.807) is 0 Å². The molecule has 2 saturated heterocycles. The molecule has 1 amide bonds. The van der Waals surface area contributed by atoms with Gasteiger partial charge in [-0.2, -0.15) is 0 Å². The maximum absolute atomic E-state index is 12.1. The van der Waals surface area contributed by atoms with Crippen LogP contribution in [-0.2, 0) is 9.53 Å². The molecule has 0 aromatic carbocycles. The number of carbonyl (C=O) groups excluding carboxylic acids is 1. The molecule has 0 bridgehead atoms. The number of piperidine rings is 1. The first-order valence-corrected chi connectivity index (χ1v) is 6.76. The minimum Gasteiger partial charge on any atom is -0.393 e. The number of hydrogen-bond acceptors (Lipinski definition) is 3. The van der Waals surface area contributed by atoms with Crippen molar-refractivity contribution in [2.45, 2.75) is 38.2 Å². The van der Waals surface area contributed by atoms with Gasteiger partial charge in [-0.3, -0.25) is 4.79 Å². The smallest absolute Gasteiger partial charge is 0.225 e. The third kappa shape index (κ3) is 3.39. The predicted octanol–water partition coefficient (Wildman–Crippen LogP) is 1.08. The number of nitrogens with zero attached hydrogens (tertiary/aromatic N) is 1. The zero-order valence-corrected chi connectivity index (χ0v) is 10.9. The highest BCUT2D eigenvalue weighted by Crippen LogP contribution is 2.20. The molecule has 96 valence electrons. The van der Waals surface area contributed by atoms with E-state index < -0.39 is 0 Å². The lowest BCUT2D eigenvalue weighted by Gasteiger charge is -2.32. The summed E-state index contributed by atoms with van der Waals surface area (Å²) >= 11 is 5.01. The Kier molecular flexibility index (Phi) is 4.34. The summed E-state index contributed by atoms with van der Waals surface area (Å²) in [7, 11) is 0. The summed E-state index contributed by atoms with van der Waals surface area (Å²) in [4.78, 5) is 14.5. The summed E-state index contributed by atoms with van der Waals surface area (Å²) in [5.74, 6) is 0.394. The lowest BCUT2D eigenvalue weighted by Crippen LogP contribution is -2.44. The molecular weight excluding hydrogens is 236 g/mol. The number of carbonyl (C=O) groups is 1. The lowest BCUT2D eigenvalue weighted by molar-refractivity contribution is -0.134. The Hall–Kier alpha value is -0.680. The fourth-order valence-electron chi connectivity index (χ4n) is 2.57. The molecule has 0 radical (unpaired) electrons. The van der Waals surface area contributed by atoms with Crippen LogP contribution >= 0.6 is 12.2 Å². The minimum absolute atomic E-state index is 0.132. The van der Waals surface area contributed by atoms with Gasteiger partial charge in [0.1, 0.15) is 0 Å². The average Bonchev–Trinajstić information content (AvgIpc) is 2.82. The summed E-state index contributed by atoms with van der Waals surface area (Å²) in [6.45, 7) is 2.33. The normalized spacial score (nSPS) is 29.3. The summed E-state index contributed by atoms with van der Waals surface area (Å²) in [6, 6.07) is 0. The van der Waals surface area contributed by atoms with Gasteiger partial charge in [0, 0.05) is 25.6 Å². The Labute approximate surface area is 107 Å². The molecule has 2 heterocycles. The van der Waals surface area contributed by atoms with Crippen LogP contribution in [0.1, 0.15) is 32.1 Å². The zero-order valence-electron chi connectivity index (χ0n) is 10.1. The maximum atomic E-state index is 12.1. The standard InChI is InChI=1S/C12H20N2O2S/c13-12(17)9-3-1-5-14(8-9)11(15)7-10-4-2-6-16-10/h9-10H,1-8H2,(H2,13,17). The van der Waals surface area contributed by atoms with Crippen molar-refractivity contribution >= 4 is 23.1 Å². The topological polar surface area (TPSA) is 55.6 Å². The highest BCUT2D eigenvalue weighted by molar-refractivity contribution is 7.80. The van der Waals surface area contributed by atoms with Gasteiger partial charge in [0.15, 0.2) is 0 Å². The third-order valence-electron chi connectivity index (χ3n) is 3.60. The molecule has 2 aliphatic heterocycles. The second-order valence-electron chi connectivity index (χ2n) is 4.92. The van der Waals surface area contributed by atoms with E-state index in [9.17, 15) is 4.79 Å². The second-order valence-corrected chi connectivity index (χ2v) is 5.39. The minimum atomic E-state index is 0.132. The van der Waals surface area contributed by atoms with Gasteiger partial charge in [-0.15, -0.1) is 0 Å². The number of rotatable bonds is 3. The first-order chi connectivity index (χ1) is 8.16. The van der Waals surface area contributed by atoms with Crippen LogP contribution in [0.25, 0.3) is 0 Å². The van der Waals surface area contributed by atoms with E-state index in [1.165, 1.54) is 0 Å². The molecule has 2 atom stereocenters. The number of nitrogens with two attached hydrogens (primary N) is 1. The Balaban J connectivity index is 1.83. The highest BCUT2D eigenvalue weighted by Gasteiger charge is 2.27. The van der Waals surface area contributed by atoms with Gasteiger partial charge < -0.3 is 15.4 Å². The molecule has 0 saturated carbocycles. The fraction of sp³-hybridized carbons (Fsp3) is 0.833. The van der Waals surface area contributed by atoms with Crippen molar-refractivity contribution < 1.29 is 9.53 Å². The number of hydrogen-bond donors (Lipinski definition) is 1. The van der Waals surface area contributed by atoms with E-state index in [0.717, 1.165) is 38.8 Å². The van der Waals surface area contributed by atoms with Crippen molar-refractivity contribution in [2.24, 2.45) is 11.7 Å². The van der Waals surface area contributed by atoms with Crippen molar-refractivity contribution in [3.63, 3.8) is 0 Å². The molecule has 2 rings (SSSR count). The van der Waals surface area contributed by atoms with E-state index in [0.29, 0.717) is 18.0 Å². The fourth-order valence-corrected chi connectivity index (χ4v) is 2.76. The SMILES string of the molecule is NC(=S)C1CCCN(C(=O)CC2CCCO2)C1.